The Kier molecular flexibility index (Phi) is 3.00. The molecule has 92 valence electrons. The van der Waals surface area contributed by atoms with E-state index in [2.05, 4.69) is 29.1 Å². The second-order valence-electron chi connectivity index (χ2n) is 4.83. The van der Waals surface area contributed by atoms with Gasteiger partial charge in [-0.1, -0.05) is 13.8 Å². The van der Waals surface area contributed by atoms with Crippen molar-refractivity contribution < 1.29 is 4.79 Å². The summed E-state index contributed by atoms with van der Waals surface area (Å²) in [4.78, 5) is 22.5. The molecule has 0 fully saturated rings. The first-order chi connectivity index (χ1) is 8.00. The van der Waals surface area contributed by atoms with E-state index in [0.29, 0.717) is 24.1 Å². The molecule has 1 aromatic heterocycles. The fourth-order valence-corrected chi connectivity index (χ4v) is 1.86. The van der Waals surface area contributed by atoms with Gasteiger partial charge in [0.1, 0.15) is 0 Å². The SMILES string of the molecule is CC(C)c1cnc2c(n1)N(C(C)C)C(=O)CN2. The zero-order valence-corrected chi connectivity index (χ0v) is 10.7. The van der Waals surface area contributed by atoms with Gasteiger partial charge in [-0.05, 0) is 19.8 Å². The summed E-state index contributed by atoms with van der Waals surface area (Å²) in [6.07, 6.45) is 1.77. The monoisotopic (exact) mass is 234 g/mol. The fraction of sp³-hybridized carbons (Fsp3) is 0.583. The number of nitrogens with zero attached hydrogens (tertiary/aromatic N) is 3. The number of rotatable bonds is 2. The lowest BCUT2D eigenvalue weighted by molar-refractivity contribution is -0.117. The molecule has 0 saturated carbocycles. The van der Waals surface area contributed by atoms with Crippen LogP contribution in [0.15, 0.2) is 6.20 Å². The van der Waals surface area contributed by atoms with Crippen molar-refractivity contribution in [3.05, 3.63) is 11.9 Å². The van der Waals surface area contributed by atoms with Crippen LogP contribution in [0.5, 0.6) is 0 Å². The number of nitrogens with one attached hydrogen (secondary N) is 1. The molecule has 2 rings (SSSR count). The van der Waals surface area contributed by atoms with Gasteiger partial charge in [-0.25, -0.2) is 9.97 Å². The van der Waals surface area contributed by atoms with E-state index in [1.54, 1.807) is 11.1 Å². The van der Waals surface area contributed by atoms with Crippen LogP contribution >= 0.6 is 0 Å². The summed E-state index contributed by atoms with van der Waals surface area (Å²) in [7, 11) is 0. The molecule has 5 nitrogen and oxygen atoms in total. The molecule has 0 aliphatic carbocycles. The first-order valence-corrected chi connectivity index (χ1v) is 5.93. The third-order valence-corrected chi connectivity index (χ3v) is 2.78. The molecule has 1 amide bonds. The minimum absolute atomic E-state index is 0.0442. The largest absolute Gasteiger partial charge is 0.358 e. The van der Waals surface area contributed by atoms with E-state index >= 15 is 0 Å². The average Bonchev–Trinajstić information content (AvgIpc) is 2.27. The van der Waals surface area contributed by atoms with Crippen LogP contribution < -0.4 is 10.2 Å². The van der Waals surface area contributed by atoms with Gasteiger partial charge in [-0.15, -0.1) is 0 Å². The predicted octanol–water partition coefficient (Wildman–Crippen LogP) is 1.77. The summed E-state index contributed by atoms with van der Waals surface area (Å²) in [5.74, 6) is 1.70. The zero-order chi connectivity index (χ0) is 12.6. The van der Waals surface area contributed by atoms with Crippen LogP contribution in [-0.2, 0) is 4.79 Å². The lowest BCUT2D eigenvalue weighted by Crippen LogP contribution is -2.45. The summed E-state index contributed by atoms with van der Waals surface area (Å²) < 4.78 is 0. The lowest BCUT2D eigenvalue weighted by atomic mass is 10.1. The van der Waals surface area contributed by atoms with E-state index in [1.807, 2.05) is 13.8 Å². The second-order valence-corrected chi connectivity index (χ2v) is 4.83. The minimum atomic E-state index is 0.0442. The van der Waals surface area contributed by atoms with Crippen molar-refractivity contribution in [2.75, 3.05) is 16.8 Å². The van der Waals surface area contributed by atoms with Gasteiger partial charge in [0.25, 0.3) is 0 Å². The molecular weight excluding hydrogens is 216 g/mol. The van der Waals surface area contributed by atoms with Crippen molar-refractivity contribution in [3.8, 4) is 0 Å². The molecule has 0 aromatic carbocycles. The van der Waals surface area contributed by atoms with Gasteiger partial charge in [-0.3, -0.25) is 9.69 Å². The van der Waals surface area contributed by atoms with E-state index < -0.39 is 0 Å². The zero-order valence-electron chi connectivity index (χ0n) is 10.7. The molecule has 1 aliphatic heterocycles. The minimum Gasteiger partial charge on any atom is -0.358 e. The van der Waals surface area contributed by atoms with Crippen molar-refractivity contribution in [2.45, 2.75) is 39.7 Å². The van der Waals surface area contributed by atoms with Gasteiger partial charge in [0.2, 0.25) is 5.91 Å². The highest BCUT2D eigenvalue weighted by Crippen LogP contribution is 2.28. The quantitative estimate of drug-likeness (QED) is 0.847. The number of carbonyl (C=O) groups excluding carboxylic acids is 1. The van der Waals surface area contributed by atoms with E-state index in [9.17, 15) is 4.79 Å². The van der Waals surface area contributed by atoms with Gasteiger partial charge in [-0.2, -0.15) is 0 Å². The summed E-state index contributed by atoms with van der Waals surface area (Å²) >= 11 is 0. The molecule has 5 heteroatoms. The van der Waals surface area contributed by atoms with Gasteiger partial charge in [0, 0.05) is 6.04 Å². The van der Waals surface area contributed by atoms with Crippen molar-refractivity contribution in [1.29, 1.82) is 0 Å². The standard InChI is InChI=1S/C12H18N4O/c1-7(2)9-5-13-11-12(15-9)16(8(3)4)10(17)6-14-11/h5,7-8H,6H2,1-4H3,(H,13,14). The Bertz CT molecular complexity index is 442. The first kappa shape index (κ1) is 11.8. The smallest absolute Gasteiger partial charge is 0.247 e. The van der Waals surface area contributed by atoms with E-state index in [0.717, 1.165) is 5.69 Å². The number of hydrogen-bond donors (Lipinski definition) is 1. The van der Waals surface area contributed by atoms with Crippen molar-refractivity contribution in [1.82, 2.24) is 9.97 Å². The van der Waals surface area contributed by atoms with Crippen LogP contribution in [-0.4, -0.2) is 28.5 Å². The molecule has 17 heavy (non-hydrogen) atoms. The number of fused-ring (bicyclic) bond motifs is 1. The summed E-state index contributed by atoms with van der Waals surface area (Å²) in [5.41, 5.74) is 0.908. The van der Waals surface area contributed by atoms with Gasteiger partial charge >= 0.3 is 0 Å². The summed E-state index contributed by atoms with van der Waals surface area (Å²) in [5, 5.41) is 3.00. The molecular formula is C12H18N4O. The molecule has 0 atom stereocenters. The predicted molar refractivity (Wildman–Crippen MR) is 67.2 cm³/mol. The molecule has 1 N–H and O–H groups in total. The second kappa shape index (κ2) is 4.31. The first-order valence-electron chi connectivity index (χ1n) is 5.93. The highest BCUT2D eigenvalue weighted by Gasteiger charge is 2.28. The van der Waals surface area contributed by atoms with Gasteiger partial charge in [0.05, 0.1) is 18.4 Å². The van der Waals surface area contributed by atoms with Crippen LogP contribution in [0.3, 0.4) is 0 Å². The topological polar surface area (TPSA) is 58.1 Å². The van der Waals surface area contributed by atoms with Crippen LogP contribution in [0.2, 0.25) is 0 Å². The maximum Gasteiger partial charge on any atom is 0.247 e. The van der Waals surface area contributed by atoms with E-state index in [4.69, 9.17) is 0 Å². The van der Waals surface area contributed by atoms with Gasteiger partial charge < -0.3 is 5.32 Å². The average molecular weight is 234 g/mol. The highest BCUT2D eigenvalue weighted by molar-refractivity contribution is 6.01. The molecule has 0 unspecified atom stereocenters. The van der Waals surface area contributed by atoms with Crippen molar-refractivity contribution in [2.24, 2.45) is 0 Å². The van der Waals surface area contributed by atoms with Crippen LogP contribution in [0, 0.1) is 0 Å². The maximum absolute atomic E-state index is 11.9. The number of carbonyl (C=O) groups is 1. The number of amides is 1. The molecule has 0 bridgehead atoms. The Balaban J connectivity index is 2.48. The highest BCUT2D eigenvalue weighted by atomic mass is 16.2. The van der Waals surface area contributed by atoms with Crippen LogP contribution in [0.4, 0.5) is 11.6 Å². The van der Waals surface area contributed by atoms with Gasteiger partial charge in [0.15, 0.2) is 11.6 Å². The Hall–Kier alpha value is -1.65. The third kappa shape index (κ3) is 2.09. The number of aromatic nitrogens is 2. The molecule has 1 aromatic rings. The van der Waals surface area contributed by atoms with Crippen molar-refractivity contribution in [3.63, 3.8) is 0 Å². The summed E-state index contributed by atoms with van der Waals surface area (Å²) in [6, 6.07) is 0.0973. The Morgan fingerprint density at radius 2 is 2.06 bits per heavy atom. The Labute approximate surface area is 101 Å². The Morgan fingerprint density at radius 3 is 2.65 bits per heavy atom. The van der Waals surface area contributed by atoms with Crippen LogP contribution in [0.25, 0.3) is 0 Å². The normalized spacial score (nSPS) is 15.2. The maximum atomic E-state index is 11.9. The molecule has 0 radical (unpaired) electrons. The molecule has 2 heterocycles. The fourth-order valence-electron chi connectivity index (χ4n) is 1.86. The summed E-state index contributed by atoms with van der Waals surface area (Å²) in [6.45, 7) is 8.39. The lowest BCUT2D eigenvalue weighted by Gasteiger charge is -2.31. The number of hydrogen-bond acceptors (Lipinski definition) is 4. The molecule has 0 spiro atoms. The van der Waals surface area contributed by atoms with E-state index in [1.165, 1.54) is 0 Å². The van der Waals surface area contributed by atoms with E-state index in [-0.39, 0.29) is 11.9 Å². The molecule has 0 saturated heterocycles. The molecule has 1 aliphatic rings. The Morgan fingerprint density at radius 1 is 1.35 bits per heavy atom. The van der Waals surface area contributed by atoms with Crippen LogP contribution in [0.1, 0.15) is 39.3 Å². The number of anilines is 2. The van der Waals surface area contributed by atoms with Crippen molar-refractivity contribution >= 4 is 17.5 Å². The third-order valence-electron chi connectivity index (χ3n) is 2.78.